The molecule has 3 rings (SSSR count). The second-order valence-corrected chi connectivity index (χ2v) is 7.90. The van der Waals surface area contributed by atoms with Crippen LogP contribution in [0.2, 0.25) is 0 Å². The minimum atomic E-state index is -1.02. The summed E-state index contributed by atoms with van der Waals surface area (Å²) in [5.74, 6) is -1.88. The number of rotatable bonds is 7. The minimum Gasteiger partial charge on any atom is -0.341 e. The van der Waals surface area contributed by atoms with Gasteiger partial charge in [0.2, 0.25) is 0 Å². The Morgan fingerprint density at radius 2 is 1.59 bits per heavy atom. The summed E-state index contributed by atoms with van der Waals surface area (Å²) in [6, 6.07) is 13.7. The zero-order valence-electron chi connectivity index (χ0n) is 17.9. The first kappa shape index (κ1) is 23.0. The van der Waals surface area contributed by atoms with E-state index in [2.05, 4.69) is 28.1 Å². The molecule has 1 aliphatic carbocycles. The normalized spacial score (nSPS) is 17.7. The molecule has 0 atom stereocenters. The largest absolute Gasteiger partial charge is 0.341 e. The molecule has 1 saturated carbocycles. The predicted molar refractivity (Wildman–Crippen MR) is 121 cm³/mol. The molecule has 1 fully saturated rings. The number of hydrogen-bond donors (Lipinski definition) is 4. The van der Waals surface area contributed by atoms with E-state index >= 15 is 0 Å². The number of benzene rings is 2. The molecule has 0 unspecified atom stereocenters. The number of Topliss-reactive ketones (excluding diaryl/α,β-unsaturated/α-hetero) is 1. The summed E-state index contributed by atoms with van der Waals surface area (Å²) >= 11 is 0. The average molecular weight is 439 g/mol. The molecular formula is C24H27FN4O3. The van der Waals surface area contributed by atoms with Gasteiger partial charge >= 0.3 is 11.8 Å². The van der Waals surface area contributed by atoms with E-state index in [-0.39, 0.29) is 29.1 Å². The molecule has 0 heterocycles. The van der Waals surface area contributed by atoms with E-state index in [1.165, 1.54) is 12.1 Å². The van der Waals surface area contributed by atoms with Crippen molar-refractivity contribution in [2.45, 2.75) is 38.5 Å². The Kier molecular flexibility index (Phi) is 7.59. The van der Waals surface area contributed by atoms with Crippen molar-refractivity contribution in [2.75, 3.05) is 10.6 Å². The van der Waals surface area contributed by atoms with Gasteiger partial charge < -0.3 is 10.6 Å². The molecular weight excluding hydrogens is 411 g/mol. The van der Waals surface area contributed by atoms with Gasteiger partial charge in [0.1, 0.15) is 17.4 Å². The van der Waals surface area contributed by atoms with Crippen LogP contribution in [-0.2, 0) is 14.4 Å². The number of hydrogen-bond acceptors (Lipinski definition) is 5. The smallest absolute Gasteiger partial charge is 0.327 e. The summed E-state index contributed by atoms with van der Waals surface area (Å²) in [7, 11) is 0. The molecule has 0 aliphatic heterocycles. The van der Waals surface area contributed by atoms with Crippen LogP contribution >= 0.6 is 0 Å². The fourth-order valence-electron chi connectivity index (χ4n) is 3.81. The molecule has 0 spiro atoms. The van der Waals surface area contributed by atoms with Gasteiger partial charge in [-0.05, 0) is 68.4 Å². The molecule has 0 bridgehead atoms. The van der Waals surface area contributed by atoms with Gasteiger partial charge in [-0.3, -0.25) is 25.2 Å². The lowest BCUT2D eigenvalue weighted by atomic mass is 9.77. The highest BCUT2D eigenvalue weighted by atomic mass is 19.1. The quantitative estimate of drug-likeness (QED) is 0.389. The SMILES string of the molecule is C=C(NNC(=O)C(=O)Nc1ccc(C2CCC(C(C)=O)CC2)cc1F)Nc1ccccc1. The molecule has 32 heavy (non-hydrogen) atoms. The van der Waals surface area contributed by atoms with Crippen LogP contribution in [0.15, 0.2) is 60.9 Å². The van der Waals surface area contributed by atoms with E-state index in [0.717, 1.165) is 36.9 Å². The van der Waals surface area contributed by atoms with Crippen LogP contribution < -0.4 is 21.5 Å². The van der Waals surface area contributed by atoms with Crippen LogP contribution in [-0.4, -0.2) is 17.6 Å². The molecule has 2 amide bonds. The molecule has 7 nitrogen and oxygen atoms in total. The van der Waals surface area contributed by atoms with Crippen LogP contribution in [0.4, 0.5) is 15.8 Å². The molecule has 0 aromatic heterocycles. The third-order valence-electron chi connectivity index (χ3n) is 5.62. The summed E-state index contributed by atoms with van der Waals surface area (Å²) in [5.41, 5.74) is 6.20. The predicted octanol–water partition coefficient (Wildman–Crippen LogP) is 3.83. The molecule has 2 aromatic carbocycles. The van der Waals surface area contributed by atoms with Crippen molar-refractivity contribution in [2.24, 2.45) is 5.92 Å². The van der Waals surface area contributed by atoms with E-state index in [9.17, 15) is 18.8 Å². The number of nitrogens with one attached hydrogen (secondary N) is 4. The molecule has 2 aromatic rings. The number of anilines is 2. The first-order valence-corrected chi connectivity index (χ1v) is 10.5. The summed E-state index contributed by atoms with van der Waals surface area (Å²) in [6.45, 7) is 5.31. The van der Waals surface area contributed by atoms with Gasteiger partial charge in [0, 0.05) is 11.6 Å². The summed E-state index contributed by atoms with van der Waals surface area (Å²) < 4.78 is 14.5. The number of para-hydroxylation sites is 1. The maximum Gasteiger partial charge on any atom is 0.327 e. The summed E-state index contributed by atoms with van der Waals surface area (Å²) in [6.07, 6.45) is 3.25. The number of amides is 2. The Labute approximate surface area is 186 Å². The zero-order chi connectivity index (χ0) is 23.1. The highest BCUT2D eigenvalue weighted by Crippen LogP contribution is 2.37. The Morgan fingerprint density at radius 1 is 0.906 bits per heavy atom. The molecule has 0 radical (unpaired) electrons. The fraction of sp³-hybridized carbons (Fsp3) is 0.292. The van der Waals surface area contributed by atoms with E-state index in [4.69, 9.17) is 0 Å². The van der Waals surface area contributed by atoms with Gasteiger partial charge in [0.25, 0.3) is 0 Å². The molecule has 168 valence electrons. The number of ketones is 1. The van der Waals surface area contributed by atoms with Gasteiger partial charge in [-0.1, -0.05) is 30.8 Å². The van der Waals surface area contributed by atoms with Gasteiger partial charge in [0.05, 0.1) is 5.69 Å². The summed E-state index contributed by atoms with van der Waals surface area (Å²) in [4.78, 5) is 35.6. The van der Waals surface area contributed by atoms with Crippen molar-refractivity contribution in [1.82, 2.24) is 10.9 Å². The van der Waals surface area contributed by atoms with E-state index in [1.807, 2.05) is 30.3 Å². The van der Waals surface area contributed by atoms with Gasteiger partial charge in [-0.15, -0.1) is 0 Å². The van der Waals surface area contributed by atoms with E-state index in [0.29, 0.717) is 0 Å². The highest BCUT2D eigenvalue weighted by molar-refractivity contribution is 6.39. The van der Waals surface area contributed by atoms with E-state index < -0.39 is 17.6 Å². The average Bonchev–Trinajstić information content (AvgIpc) is 2.79. The number of carbonyl (C=O) groups excluding carboxylic acids is 3. The Morgan fingerprint density at radius 3 is 2.22 bits per heavy atom. The van der Waals surface area contributed by atoms with Crippen molar-refractivity contribution in [3.05, 3.63) is 72.3 Å². The first-order chi connectivity index (χ1) is 15.3. The fourth-order valence-corrected chi connectivity index (χ4v) is 3.81. The van der Waals surface area contributed by atoms with Crippen molar-refractivity contribution in [1.29, 1.82) is 0 Å². The first-order valence-electron chi connectivity index (χ1n) is 10.5. The molecule has 0 saturated heterocycles. The number of hydrazine groups is 1. The minimum absolute atomic E-state index is 0.0763. The van der Waals surface area contributed by atoms with Crippen LogP contribution in [0.25, 0.3) is 0 Å². The van der Waals surface area contributed by atoms with Crippen LogP contribution in [0, 0.1) is 11.7 Å². The van der Waals surface area contributed by atoms with Gasteiger partial charge in [-0.25, -0.2) is 4.39 Å². The van der Waals surface area contributed by atoms with Crippen LogP contribution in [0.5, 0.6) is 0 Å². The lowest BCUT2D eigenvalue weighted by Crippen LogP contribution is -2.44. The van der Waals surface area contributed by atoms with Crippen LogP contribution in [0.1, 0.15) is 44.1 Å². The maximum absolute atomic E-state index is 14.5. The Hall–Kier alpha value is -3.68. The lowest BCUT2D eigenvalue weighted by Gasteiger charge is -2.27. The molecule has 4 N–H and O–H groups in total. The van der Waals surface area contributed by atoms with Crippen molar-refractivity contribution in [3.63, 3.8) is 0 Å². The monoisotopic (exact) mass is 438 g/mol. The zero-order valence-corrected chi connectivity index (χ0v) is 17.9. The van der Waals surface area contributed by atoms with Crippen LogP contribution in [0.3, 0.4) is 0 Å². The van der Waals surface area contributed by atoms with Crippen molar-refractivity contribution < 1.29 is 18.8 Å². The Bertz CT molecular complexity index is 1000. The number of halogens is 1. The highest BCUT2D eigenvalue weighted by Gasteiger charge is 2.25. The molecule has 1 aliphatic rings. The number of carbonyl (C=O) groups is 3. The topological polar surface area (TPSA) is 99.3 Å². The third kappa shape index (κ3) is 6.16. The van der Waals surface area contributed by atoms with Crippen molar-refractivity contribution in [3.8, 4) is 0 Å². The summed E-state index contributed by atoms with van der Waals surface area (Å²) in [5, 5.41) is 5.19. The second-order valence-electron chi connectivity index (χ2n) is 7.90. The van der Waals surface area contributed by atoms with Crippen molar-refractivity contribution >= 4 is 29.0 Å². The second kappa shape index (κ2) is 10.6. The molecule has 8 heteroatoms. The maximum atomic E-state index is 14.5. The van der Waals surface area contributed by atoms with Gasteiger partial charge in [-0.2, -0.15) is 0 Å². The standard InChI is InChI=1S/C24H27FN4O3/c1-15(30)17-8-10-18(11-9-17)19-12-13-22(21(25)14-19)27-23(31)24(32)29-28-16(2)26-20-6-4-3-5-7-20/h3-7,12-14,17-18,26,28H,2,8-11H2,1H3,(H,27,31)(H,29,32). The lowest BCUT2D eigenvalue weighted by molar-refractivity contribution is -0.136. The van der Waals surface area contributed by atoms with Gasteiger partial charge in [0.15, 0.2) is 0 Å². The third-order valence-corrected chi connectivity index (χ3v) is 5.62. The van der Waals surface area contributed by atoms with E-state index in [1.54, 1.807) is 13.0 Å². The Balaban J connectivity index is 1.49.